The van der Waals surface area contributed by atoms with E-state index < -0.39 is 0 Å². The molecule has 1 rings (SSSR count). The minimum Gasteiger partial charge on any atom is -0.300 e. The monoisotopic (exact) mass is 147 g/mol. The van der Waals surface area contributed by atoms with E-state index in [1.54, 1.807) is 0 Å². The Kier molecular flexibility index (Phi) is 2.67. The Bertz CT molecular complexity index is 258. The van der Waals surface area contributed by atoms with Gasteiger partial charge in [-0.1, -0.05) is 18.1 Å². The van der Waals surface area contributed by atoms with E-state index in [1.165, 1.54) is 0 Å². The molecule has 0 heterocycles. The van der Waals surface area contributed by atoms with Crippen LogP contribution < -0.4 is 5.90 Å². The van der Waals surface area contributed by atoms with Crippen LogP contribution in [0.2, 0.25) is 0 Å². The SMILES string of the molecule is C#Cc1ccc(CON)cc1. The van der Waals surface area contributed by atoms with Crippen LogP contribution in [-0.4, -0.2) is 0 Å². The number of nitrogens with two attached hydrogens (primary N) is 1. The highest BCUT2D eigenvalue weighted by molar-refractivity contribution is 5.33. The third-order valence-corrected chi connectivity index (χ3v) is 1.37. The van der Waals surface area contributed by atoms with E-state index in [0.29, 0.717) is 6.61 Å². The fraction of sp³-hybridized carbons (Fsp3) is 0.111. The average molecular weight is 147 g/mol. The fourth-order valence-electron chi connectivity index (χ4n) is 0.793. The van der Waals surface area contributed by atoms with E-state index in [9.17, 15) is 0 Å². The average Bonchev–Trinajstić information content (AvgIpc) is 2.07. The highest BCUT2D eigenvalue weighted by atomic mass is 16.6. The maximum absolute atomic E-state index is 5.17. The van der Waals surface area contributed by atoms with Crippen molar-refractivity contribution < 1.29 is 4.84 Å². The highest BCUT2D eigenvalue weighted by Crippen LogP contribution is 2.03. The van der Waals surface area contributed by atoms with Crippen LogP contribution in [0.1, 0.15) is 11.1 Å². The van der Waals surface area contributed by atoms with E-state index in [0.717, 1.165) is 11.1 Å². The van der Waals surface area contributed by atoms with Gasteiger partial charge in [0.25, 0.3) is 0 Å². The van der Waals surface area contributed by atoms with Crippen molar-refractivity contribution in [3.63, 3.8) is 0 Å². The lowest BCUT2D eigenvalue weighted by Gasteiger charge is -1.97. The molecule has 2 nitrogen and oxygen atoms in total. The van der Waals surface area contributed by atoms with Crippen LogP contribution in [0, 0.1) is 12.3 Å². The first-order chi connectivity index (χ1) is 5.36. The lowest BCUT2D eigenvalue weighted by Crippen LogP contribution is -1.98. The number of benzene rings is 1. The number of rotatable bonds is 2. The molecule has 56 valence electrons. The summed E-state index contributed by atoms with van der Waals surface area (Å²) in [6, 6.07) is 7.49. The summed E-state index contributed by atoms with van der Waals surface area (Å²) in [5, 5.41) is 0. The quantitative estimate of drug-likeness (QED) is 0.501. The van der Waals surface area contributed by atoms with Gasteiger partial charge in [0.2, 0.25) is 0 Å². The minimum atomic E-state index is 0.421. The summed E-state index contributed by atoms with van der Waals surface area (Å²) in [6.45, 7) is 0.421. The molecule has 0 aromatic heterocycles. The summed E-state index contributed by atoms with van der Waals surface area (Å²) in [6.07, 6.45) is 5.17. The van der Waals surface area contributed by atoms with E-state index in [4.69, 9.17) is 12.3 Å². The highest BCUT2D eigenvalue weighted by Gasteiger charge is 1.90. The second kappa shape index (κ2) is 3.77. The first-order valence-corrected chi connectivity index (χ1v) is 3.24. The van der Waals surface area contributed by atoms with E-state index in [-0.39, 0.29) is 0 Å². The van der Waals surface area contributed by atoms with E-state index >= 15 is 0 Å². The Morgan fingerprint density at radius 1 is 1.36 bits per heavy atom. The lowest BCUT2D eigenvalue weighted by atomic mass is 10.1. The van der Waals surface area contributed by atoms with Gasteiger partial charge in [-0.15, -0.1) is 6.42 Å². The molecular weight excluding hydrogens is 138 g/mol. The van der Waals surface area contributed by atoms with Gasteiger partial charge in [0, 0.05) is 5.56 Å². The fourth-order valence-corrected chi connectivity index (χ4v) is 0.793. The Labute approximate surface area is 65.9 Å². The molecule has 0 unspecified atom stereocenters. The maximum Gasteiger partial charge on any atom is 0.0930 e. The summed E-state index contributed by atoms with van der Waals surface area (Å²) in [4.78, 5) is 4.45. The van der Waals surface area contributed by atoms with Crippen LogP contribution in [0.3, 0.4) is 0 Å². The molecule has 0 saturated carbocycles. The van der Waals surface area contributed by atoms with Crippen LogP contribution in [-0.2, 0) is 11.4 Å². The van der Waals surface area contributed by atoms with Gasteiger partial charge in [-0.2, -0.15) is 0 Å². The van der Waals surface area contributed by atoms with Crippen molar-refractivity contribution in [2.75, 3.05) is 0 Å². The molecule has 0 aliphatic carbocycles. The second-order valence-corrected chi connectivity index (χ2v) is 2.15. The van der Waals surface area contributed by atoms with Gasteiger partial charge in [-0.3, -0.25) is 4.84 Å². The largest absolute Gasteiger partial charge is 0.300 e. The number of terminal acetylenes is 1. The summed E-state index contributed by atoms with van der Waals surface area (Å²) in [5.41, 5.74) is 1.89. The van der Waals surface area contributed by atoms with Crippen LogP contribution in [0.15, 0.2) is 24.3 Å². The van der Waals surface area contributed by atoms with Gasteiger partial charge in [0.05, 0.1) is 6.61 Å². The smallest absolute Gasteiger partial charge is 0.0930 e. The minimum absolute atomic E-state index is 0.421. The van der Waals surface area contributed by atoms with Crippen molar-refractivity contribution >= 4 is 0 Å². The van der Waals surface area contributed by atoms with Gasteiger partial charge < -0.3 is 0 Å². The Hall–Kier alpha value is -1.30. The van der Waals surface area contributed by atoms with Crippen molar-refractivity contribution in [1.82, 2.24) is 0 Å². The number of hydrogen-bond donors (Lipinski definition) is 1. The molecule has 0 saturated heterocycles. The molecule has 2 heteroatoms. The van der Waals surface area contributed by atoms with Gasteiger partial charge in [0.1, 0.15) is 0 Å². The molecule has 2 N–H and O–H groups in total. The molecule has 0 fully saturated rings. The van der Waals surface area contributed by atoms with Crippen molar-refractivity contribution in [2.24, 2.45) is 5.90 Å². The molecule has 0 bridgehead atoms. The summed E-state index contributed by atoms with van der Waals surface area (Å²) in [7, 11) is 0. The maximum atomic E-state index is 5.17. The van der Waals surface area contributed by atoms with Gasteiger partial charge >= 0.3 is 0 Å². The topological polar surface area (TPSA) is 35.2 Å². The Morgan fingerprint density at radius 3 is 2.45 bits per heavy atom. The van der Waals surface area contributed by atoms with Crippen molar-refractivity contribution in [3.8, 4) is 12.3 Å². The number of hydrogen-bond acceptors (Lipinski definition) is 2. The third kappa shape index (κ3) is 2.08. The molecule has 0 atom stereocenters. The Morgan fingerprint density at radius 2 is 2.00 bits per heavy atom. The predicted octanol–water partition coefficient (Wildman–Crippen LogP) is 1.06. The van der Waals surface area contributed by atoms with Crippen LogP contribution in [0.4, 0.5) is 0 Å². The normalized spacial score (nSPS) is 9.09. The van der Waals surface area contributed by atoms with Crippen LogP contribution in [0.25, 0.3) is 0 Å². The molecule has 0 amide bonds. The summed E-state index contributed by atoms with van der Waals surface area (Å²) in [5.74, 6) is 7.41. The predicted molar refractivity (Wildman–Crippen MR) is 43.4 cm³/mol. The standard InChI is InChI=1S/C9H9NO/c1-2-8-3-5-9(6-4-8)7-11-10/h1,3-6H,7,10H2. The molecule has 0 radical (unpaired) electrons. The van der Waals surface area contributed by atoms with E-state index in [1.807, 2.05) is 24.3 Å². The van der Waals surface area contributed by atoms with Gasteiger partial charge in [-0.25, -0.2) is 5.90 Å². The van der Waals surface area contributed by atoms with Crippen LogP contribution >= 0.6 is 0 Å². The van der Waals surface area contributed by atoms with Crippen molar-refractivity contribution in [2.45, 2.75) is 6.61 Å². The van der Waals surface area contributed by atoms with Gasteiger partial charge in [0.15, 0.2) is 0 Å². The molecule has 0 aliphatic rings. The van der Waals surface area contributed by atoms with Crippen LogP contribution in [0.5, 0.6) is 0 Å². The zero-order valence-corrected chi connectivity index (χ0v) is 6.08. The zero-order valence-electron chi connectivity index (χ0n) is 6.08. The lowest BCUT2D eigenvalue weighted by molar-refractivity contribution is 0.124. The summed E-state index contributed by atoms with van der Waals surface area (Å²) < 4.78 is 0. The van der Waals surface area contributed by atoms with Gasteiger partial charge in [-0.05, 0) is 17.7 Å². The summed E-state index contributed by atoms with van der Waals surface area (Å²) >= 11 is 0. The van der Waals surface area contributed by atoms with Crippen molar-refractivity contribution in [3.05, 3.63) is 35.4 Å². The third-order valence-electron chi connectivity index (χ3n) is 1.37. The molecule has 0 spiro atoms. The molecular formula is C9H9NO. The second-order valence-electron chi connectivity index (χ2n) is 2.15. The first-order valence-electron chi connectivity index (χ1n) is 3.24. The first kappa shape index (κ1) is 7.80. The molecule has 11 heavy (non-hydrogen) atoms. The Balaban J connectivity index is 2.76. The molecule has 1 aromatic carbocycles. The zero-order chi connectivity index (χ0) is 8.10. The molecule has 1 aromatic rings. The van der Waals surface area contributed by atoms with E-state index in [2.05, 4.69) is 10.8 Å². The molecule has 0 aliphatic heterocycles. The van der Waals surface area contributed by atoms with Crippen molar-refractivity contribution in [1.29, 1.82) is 0 Å².